The SMILES string of the molecule is CC(C)C1(CC[C@@H](CO)[C@H]2CC[C@@]3(C)[C@@H]4CC[C@H]5C(C)(C)[C@@H](O)CC[C@@]56C[C@@]46CC[C@]23C)CO1. The zero-order chi connectivity index (χ0) is 24.4. The van der Waals surface area contributed by atoms with Gasteiger partial charge in [0.05, 0.1) is 18.3 Å². The van der Waals surface area contributed by atoms with Gasteiger partial charge in [-0.05, 0) is 127 Å². The molecule has 0 radical (unpaired) electrons. The van der Waals surface area contributed by atoms with E-state index in [0.29, 0.717) is 51.9 Å². The molecule has 34 heavy (non-hydrogen) atoms. The van der Waals surface area contributed by atoms with Crippen LogP contribution in [0.3, 0.4) is 0 Å². The lowest BCUT2D eigenvalue weighted by Crippen LogP contribution is -2.57. The fourth-order valence-corrected chi connectivity index (χ4v) is 11.9. The van der Waals surface area contributed by atoms with Gasteiger partial charge >= 0.3 is 0 Å². The van der Waals surface area contributed by atoms with E-state index in [1.165, 1.54) is 51.4 Å². The second-order valence-corrected chi connectivity index (χ2v) is 15.5. The largest absolute Gasteiger partial charge is 0.396 e. The van der Waals surface area contributed by atoms with Crippen LogP contribution in [0.15, 0.2) is 0 Å². The molecule has 10 atom stereocenters. The molecule has 6 fully saturated rings. The predicted octanol–water partition coefficient (Wildman–Crippen LogP) is 6.60. The average Bonchev–Trinajstić information content (AvgIpc) is 3.68. The number of hydrogen-bond donors (Lipinski definition) is 2. The third kappa shape index (κ3) is 2.76. The van der Waals surface area contributed by atoms with E-state index in [4.69, 9.17) is 4.74 Å². The number of ether oxygens (including phenoxy) is 1. The van der Waals surface area contributed by atoms with Gasteiger partial charge in [-0.2, -0.15) is 0 Å². The molecule has 0 amide bonds. The Kier molecular flexibility index (Phi) is 5.17. The first-order valence-corrected chi connectivity index (χ1v) is 14.9. The van der Waals surface area contributed by atoms with Crippen molar-refractivity contribution in [1.82, 2.24) is 0 Å². The zero-order valence-electron chi connectivity index (χ0n) is 23.0. The lowest BCUT2D eigenvalue weighted by molar-refractivity contribution is -0.163. The van der Waals surface area contributed by atoms with E-state index in [-0.39, 0.29) is 17.1 Å². The quantitative estimate of drug-likeness (QED) is 0.428. The molecule has 0 aromatic heterocycles. The minimum absolute atomic E-state index is 0.0752. The molecule has 0 aromatic carbocycles. The standard InChI is InChI=1S/C31H52O3/c1-20(2)31(19-34-31)14-9-21(17-32)22-10-12-28(6)24-8-7-23-26(3,4)25(33)11-13-29(23)18-30(24,29)16-15-27(22,28)5/h20-25,32-33H,7-19H2,1-6H3/t21-,22+,23-,24-,25-,27+,28-,29+,30-,31?/m0/s1. The van der Waals surface area contributed by atoms with Crippen molar-refractivity contribution in [3.63, 3.8) is 0 Å². The number of hydrogen-bond acceptors (Lipinski definition) is 3. The molecule has 0 aromatic rings. The van der Waals surface area contributed by atoms with Crippen molar-refractivity contribution in [2.45, 2.75) is 124 Å². The number of aliphatic hydroxyl groups excluding tert-OH is 2. The van der Waals surface area contributed by atoms with E-state index in [2.05, 4.69) is 41.5 Å². The van der Waals surface area contributed by atoms with Gasteiger partial charge in [-0.25, -0.2) is 0 Å². The summed E-state index contributed by atoms with van der Waals surface area (Å²) in [6, 6.07) is 0. The van der Waals surface area contributed by atoms with E-state index < -0.39 is 0 Å². The second kappa shape index (κ2) is 7.25. The van der Waals surface area contributed by atoms with Gasteiger partial charge in [0.2, 0.25) is 0 Å². The Morgan fingerprint density at radius 1 is 0.853 bits per heavy atom. The van der Waals surface area contributed by atoms with Crippen molar-refractivity contribution in [3.05, 3.63) is 0 Å². The smallest absolute Gasteiger partial charge is 0.0939 e. The highest BCUT2D eigenvalue weighted by molar-refractivity contribution is 5.30. The highest BCUT2D eigenvalue weighted by Crippen LogP contribution is 2.89. The molecule has 1 aliphatic heterocycles. The Hall–Kier alpha value is -0.120. The van der Waals surface area contributed by atoms with Gasteiger partial charge in [0, 0.05) is 6.61 Å². The van der Waals surface area contributed by atoms with Crippen LogP contribution in [0, 0.1) is 56.7 Å². The molecule has 2 N–H and O–H groups in total. The van der Waals surface area contributed by atoms with E-state index in [1.54, 1.807) is 0 Å². The van der Waals surface area contributed by atoms with Crippen molar-refractivity contribution in [2.24, 2.45) is 56.7 Å². The Morgan fingerprint density at radius 3 is 2.18 bits per heavy atom. The summed E-state index contributed by atoms with van der Waals surface area (Å²) in [6.45, 7) is 15.9. The molecular weight excluding hydrogens is 420 g/mol. The molecule has 2 spiro atoms. The third-order valence-corrected chi connectivity index (χ3v) is 14.5. The zero-order valence-corrected chi connectivity index (χ0v) is 23.0. The number of rotatable bonds is 6. The molecular formula is C31H52O3. The van der Waals surface area contributed by atoms with Crippen molar-refractivity contribution in [3.8, 4) is 0 Å². The fraction of sp³-hybridized carbons (Fsp3) is 1.00. The monoisotopic (exact) mass is 472 g/mol. The summed E-state index contributed by atoms with van der Waals surface area (Å²) in [5.41, 5.74) is 2.00. The van der Waals surface area contributed by atoms with Gasteiger partial charge in [-0.1, -0.05) is 41.5 Å². The van der Waals surface area contributed by atoms with Gasteiger partial charge in [0.25, 0.3) is 0 Å². The normalized spacial score (nSPS) is 55.7. The Balaban J connectivity index is 1.25. The van der Waals surface area contributed by atoms with Crippen LogP contribution in [0.2, 0.25) is 0 Å². The summed E-state index contributed by atoms with van der Waals surface area (Å²) >= 11 is 0. The van der Waals surface area contributed by atoms with Gasteiger partial charge in [0.1, 0.15) is 0 Å². The van der Waals surface area contributed by atoms with Crippen molar-refractivity contribution < 1.29 is 14.9 Å². The number of fused-ring (bicyclic) bond motifs is 2. The minimum Gasteiger partial charge on any atom is -0.396 e. The summed E-state index contributed by atoms with van der Waals surface area (Å²) in [4.78, 5) is 0. The second-order valence-electron chi connectivity index (χ2n) is 15.5. The van der Waals surface area contributed by atoms with Crippen LogP contribution in [-0.4, -0.2) is 35.1 Å². The van der Waals surface area contributed by atoms with Gasteiger partial charge in [-0.3, -0.25) is 0 Å². The van der Waals surface area contributed by atoms with Crippen LogP contribution >= 0.6 is 0 Å². The van der Waals surface area contributed by atoms with E-state index in [1.807, 2.05) is 0 Å². The molecule has 5 aliphatic carbocycles. The van der Waals surface area contributed by atoms with E-state index >= 15 is 0 Å². The van der Waals surface area contributed by atoms with Crippen molar-refractivity contribution >= 4 is 0 Å². The van der Waals surface area contributed by atoms with Crippen LogP contribution in [0.25, 0.3) is 0 Å². The van der Waals surface area contributed by atoms with Crippen LogP contribution in [0.5, 0.6) is 0 Å². The van der Waals surface area contributed by atoms with Gasteiger partial charge < -0.3 is 14.9 Å². The topological polar surface area (TPSA) is 53.0 Å². The summed E-state index contributed by atoms with van der Waals surface area (Å²) < 4.78 is 5.93. The van der Waals surface area contributed by atoms with Crippen LogP contribution < -0.4 is 0 Å². The Morgan fingerprint density at radius 2 is 1.53 bits per heavy atom. The molecule has 3 nitrogen and oxygen atoms in total. The highest BCUT2D eigenvalue weighted by Gasteiger charge is 2.82. The third-order valence-electron chi connectivity index (χ3n) is 14.5. The van der Waals surface area contributed by atoms with Crippen molar-refractivity contribution in [2.75, 3.05) is 13.2 Å². The summed E-state index contributed by atoms with van der Waals surface area (Å²) in [7, 11) is 0. The molecule has 6 rings (SSSR count). The fourth-order valence-electron chi connectivity index (χ4n) is 11.9. The molecule has 6 aliphatic rings. The first-order valence-electron chi connectivity index (χ1n) is 14.9. The van der Waals surface area contributed by atoms with E-state index in [9.17, 15) is 10.2 Å². The molecule has 194 valence electrons. The maximum absolute atomic E-state index is 10.9. The molecule has 5 saturated carbocycles. The van der Waals surface area contributed by atoms with Crippen LogP contribution in [-0.2, 0) is 4.74 Å². The van der Waals surface area contributed by atoms with Crippen molar-refractivity contribution in [1.29, 1.82) is 0 Å². The molecule has 1 heterocycles. The lowest BCUT2D eigenvalue weighted by atomic mass is 9.41. The van der Waals surface area contributed by atoms with Crippen LogP contribution in [0.1, 0.15) is 112 Å². The molecule has 1 saturated heterocycles. The van der Waals surface area contributed by atoms with Gasteiger partial charge in [-0.15, -0.1) is 0 Å². The maximum atomic E-state index is 10.9. The lowest BCUT2D eigenvalue weighted by Gasteiger charge is -2.63. The Bertz CT molecular complexity index is 831. The maximum Gasteiger partial charge on any atom is 0.0939 e. The van der Waals surface area contributed by atoms with E-state index in [0.717, 1.165) is 31.8 Å². The summed E-state index contributed by atoms with van der Waals surface area (Å²) in [5, 5.41) is 21.5. The van der Waals surface area contributed by atoms with Crippen LogP contribution in [0.4, 0.5) is 0 Å². The highest BCUT2D eigenvalue weighted by atomic mass is 16.6. The predicted molar refractivity (Wildman–Crippen MR) is 136 cm³/mol. The molecule has 1 unspecified atom stereocenters. The number of aliphatic hydroxyl groups is 2. The summed E-state index contributed by atoms with van der Waals surface area (Å²) in [5.74, 6) is 3.21. The molecule has 3 heteroatoms. The summed E-state index contributed by atoms with van der Waals surface area (Å²) in [6.07, 6.45) is 14.0. The van der Waals surface area contributed by atoms with Gasteiger partial charge in [0.15, 0.2) is 0 Å². The number of epoxide rings is 1. The average molecular weight is 473 g/mol. The Labute approximate surface area is 208 Å². The molecule has 0 bridgehead atoms. The minimum atomic E-state index is -0.118. The first kappa shape index (κ1) is 24.2. The first-order chi connectivity index (χ1) is 15.9.